The summed E-state index contributed by atoms with van der Waals surface area (Å²) in [6, 6.07) is 8.26. The van der Waals surface area contributed by atoms with E-state index in [0.717, 1.165) is 30.2 Å². The molecular weight excluding hydrogens is 316 g/mol. The molecule has 2 nitrogen and oxygen atoms in total. The van der Waals surface area contributed by atoms with Gasteiger partial charge in [-0.15, -0.1) is 0 Å². The maximum Gasteiger partial charge on any atom is 0.306 e. The van der Waals surface area contributed by atoms with Gasteiger partial charge in [-0.2, -0.15) is 0 Å². The summed E-state index contributed by atoms with van der Waals surface area (Å²) in [6.45, 7) is 2.21. The highest BCUT2D eigenvalue weighted by molar-refractivity contribution is 9.10. The molecule has 1 saturated carbocycles. The smallest absolute Gasteiger partial charge is 0.306 e. The van der Waals surface area contributed by atoms with E-state index < -0.39 is 5.97 Å². The van der Waals surface area contributed by atoms with E-state index in [9.17, 15) is 9.90 Å². The molecule has 3 atom stereocenters. The average Bonchev–Trinajstić information content (AvgIpc) is 2.39. The fourth-order valence-corrected chi connectivity index (χ4v) is 4.00. The van der Waals surface area contributed by atoms with Gasteiger partial charge in [0.1, 0.15) is 0 Å². The summed E-state index contributed by atoms with van der Waals surface area (Å²) in [6.07, 6.45) is 6.32. The number of rotatable bonds is 5. The van der Waals surface area contributed by atoms with Gasteiger partial charge in [0.15, 0.2) is 0 Å². The first-order valence-electron chi connectivity index (χ1n) is 7.57. The molecule has 1 aromatic rings. The van der Waals surface area contributed by atoms with E-state index in [0.29, 0.717) is 5.92 Å². The van der Waals surface area contributed by atoms with Crippen LogP contribution in [-0.2, 0) is 11.2 Å². The molecule has 1 aliphatic rings. The minimum Gasteiger partial charge on any atom is -0.481 e. The molecule has 20 heavy (non-hydrogen) atoms. The second kappa shape index (κ2) is 7.26. The lowest BCUT2D eigenvalue weighted by atomic mass is 9.70. The van der Waals surface area contributed by atoms with Gasteiger partial charge in [0.05, 0.1) is 5.92 Å². The molecular formula is C17H23BrO2. The number of benzene rings is 1. The molecule has 0 saturated heterocycles. The minimum absolute atomic E-state index is 0.165. The predicted octanol–water partition coefficient (Wildman–Crippen LogP) is 4.91. The molecule has 3 unspecified atom stereocenters. The standard InChI is InChI=1S/C17H23BrO2/c1-2-4-12-7-8-16(17(19)20)14(9-12)10-13-5-3-6-15(18)11-13/h3,5-6,11-12,14,16H,2,4,7-10H2,1H3,(H,19,20). The summed E-state index contributed by atoms with van der Waals surface area (Å²) in [5.41, 5.74) is 1.24. The molecule has 0 bridgehead atoms. The molecule has 1 aromatic carbocycles. The highest BCUT2D eigenvalue weighted by atomic mass is 79.9. The Labute approximate surface area is 129 Å². The lowest BCUT2D eigenvalue weighted by Gasteiger charge is -2.34. The molecule has 1 aliphatic carbocycles. The molecule has 0 spiro atoms. The number of hydrogen-bond acceptors (Lipinski definition) is 1. The number of carbonyl (C=O) groups is 1. The van der Waals surface area contributed by atoms with Crippen LogP contribution in [-0.4, -0.2) is 11.1 Å². The zero-order chi connectivity index (χ0) is 14.5. The van der Waals surface area contributed by atoms with Gasteiger partial charge in [-0.1, -0.05) is 47.8 Å². The van der Waals surface area contributed by atoms with Crippen LogP contribution >= 0.6 is 15.9 Å². The van der Waals surface area contributed by atoms with Crippen LogP contribution < -0.4 is 0 Å². The third-order valence-electron chi connectivity index (χ3n) is 4.49. The molecule has 2 rings (SSSR count). The summed E-state index contributed by atoms with van der Waals surface area (Å²) >= 11 is 3.49. The Morgan fingerprint density at radius 1 is 1.40 bits per heavy atom. The zero-order valence-corrected chi connectivity index (χ0v) is 13.6. The Hall–Kier alpha value is -0.830. The Morgan fingerprint density at radius 2 is 2.20 bits per heavy atom. The summed E-state index contributed by atoms with van der Waals surface area (Å²) in [4.78, 5) is 11.5. The molecule has 110 valence electrons. The van der Waals surface area contributed by atoms with E-state index in [1.54, 1.807) is 0 Å². The molecule has 1 N–H and O–H groups in total. The van der Waals surface area contributed by atoms with Crippen LogP contribution in [0.4, 0.5) is 0 Å². The van der Waals surface area contributed by atoms with Gasteiger partial charge in [0.25, 0.3) is 0 Å². The fraction of sp³-hybridized carbons (Fsp3) is 0.588. The summed E-state index contributed by atoms with van der Waals surface area (Å²) < 4.78 is 1.07. The second-order valence-electron chi connectivity index (χ2n) is 6.01. The van der Waals surface area contributed by atoms with Gasteiger partial charge < -0.3 is 5.11 Å². The van der Waals surface area contributed by atoms with Crippen molar-refractivity contribution >= 4 is 21.9 Å². The molecule has 0 aliphatic heterocycles. The van der Waals surface area contributed by atoms with Crippen molar-refractivity contribution < 1.29 is 9.90 Å². The number of carboxylic acids is 1. The third-order valence-corrected chi connectivity index (χ3v) is 4.99. The Bertz CT molecular complexity index is 458. The van der Waals surface area contributed by atoms with Crippen molar-refractivity contribution in [2.75, 3.05) is 0 Å². The van der Waals surface area contributed by atoms with Crippen molar-refractivity contribution in [3.8, 4) is 0 Å². The van der Waals surface area contributed by atoms with E-state index in [4.69, 9.17) is 0 Å². The molecule has 3 heteroatoms. The molecule has 0 amide bonds. The van der Waals surface area contributed by atoms with Crippen LogP contribution in [0.25, 0.3) is 0 Å². The third kappa shape index (κ3) is 4.08. The number of halogens is 1. The first kappa shape index (κ1) is 15.6. The summed E-state index contributed by atoms with van der Waals surface area (Å²) in [5, 5.41) is 9.45. The lowest BCUT2D eigenvalue weighted by molar-refractivity contribution is -0.145. The summed E-state index contributed by atoms with van der Waals surface area (Å²) in [7, 11) is 0. The summed E-state index contributed by atoms with van der Waals surface area (Å²) in [5.74, 6) is 0.224. The van der Waals surface area contributed by atoms with Crippen molar-refractivity contribution in [3.63, 3.8) is 0 Å². The van der Waals surface area contributed by atoms with Crippen molar-refractivity contribution in [1.82, 2.24) is 0 Å². The SMILES string of the molecule is CCCC1CCC(C(=O)O)C(Cc2cccc(Br)c2)C1. The Morgan fingerprint density at radius 3 is 2.85 bits per heavy atom. The normalized spacial score (nSPS) is 26.4. The van der Waals surface area contributed by atoms with Gasteiger partial charge in [0, 0.05) is 4.47 Å². The maximum atomic E-state index is 11.5. The zero-order valence-electron chi connectivity index (χ0n) is 12.0. The van der Waals surface area contributed by atoms with Gasteiger partial charge in [-0.25, -0.2) is 0 Å². The average molecular weight is 339 g/mol. The first-order valence-corrected chi connectivity index (χ1v) is 8.36. The molecule has 1 fully saturated rings. The minimum atomic E-state index is -0.611. The quantitative estimate of drug-likeness (QED) is 0.828. The highest BCUT2D eigenvalue weighted by Crippen LogP contribution is 2.38. The van der Waals surface area contributed by atoms with Gasteiger partial charge in [0.2, 0.25) is 0 Å². The lowest BCUT2D eigenvalue weighted by Crippen LogP contribution is -2.32. The van der Waals surface area contributed by atoms with Crippen molar-refractivity contribution in [1.29, 1.82) is 0 Å². The first-order chi connectivity index (χ1) is 9.60. The monoisotopic (exact) mass is 338 g/mol. The molecule has 0 heterocycles. The van der Waals surface area contributed by atoms with Crippen LogP contribution in [0.1, 0.15) is 44.6 Å². The largest absolute Gasteiger partial charge is 0.481 e. The van der Waals surface area contributed by atoms with Gasteiger partial charge >= 0.3 is 5.97 Å². The Balaban J connectivity index is 2.08. The highest BCUT2D eigenvalue weighted by Gasteiger charge is 2.34. The Kier molecular flexibility index (Phi) is 5.64. The van der Waals surface area contributed by atoms with Gasteiger partial charge in [-0.05, 0) is 55.2 Å². The van der Waals surface area contributed by atoms with Crippen molar-refractivity contribution in [2.45, 2.75) is 45.4 Å². The van der Waals surface area contributed by atoms with Gasteiger partial charge in [-0.3, -0.25) is 4.79 Å². The van der Waals surface area contributed by atoms with E-state index in [1.807, 2.05) is 12.1 Å². The van der Waals surface area contributed by atoms with E-state index in [2.05, 4.69) is 35.0 Å². The van der Waals surface area contributed by atoms with Crippen LogP contribution in [0.3, 0.4) is 0 Å². The topological polar surface area (TPSA) is 37.3 Å². The van der Waals surface area contributed by atoms with Crippen molar-refractivity contribution in [3.05, 3.63) is 34.3 Å². The predicted molar refractivity (Wildman–Crippen MR) is 84.7 cm³/mol. The molecule has 0 radical (unpaired) electrons. The number of hydrogen-bond donors (Lipinski definition) is 1. The van der Waals surface area contributed by atoms with Crippen LogP contribution in [0, 0.1) is 17.8 Å². The maximum absolute atomic E-state index is 11.5. The van der Waals surface area contributed by atoms with Crippen LogP contribution in [0.5, 0.6) is 0 Å². The second-order valence-corrected chi connectivity index (χ2v) is 6.92. The van der Waals surface area contributed by atoms with E-state index >= 15 is 0 Å². The van der Waals surface area contributed by atoms with Crippen LogP contribution in [0.2, 0.25) is 0 Å². The van der Waals surface area contributed by atoms with Crippen molar-refractivity contribution in [2.24, 2.45) is 17.8 Å². The number of carboxylic acid groups (broad SMARTS) is 1. The molecule has 0 aromatic heterocycles. The van der Waals surface area contributed by atoms with E-state index in [1.165, 1.54) is 18.4 Å². The van der Waals surface area contributed by atoms with Crippen LogP contribution in [0.15, 0.2) is 28.7 Å². The fourth-order valence-electron chi connectivity index (χ4n) is 3.55. The number of aliphatic carboxylic acids is 1. The van der Waals surface area contributed by atoms with E-state index in [-0.39, 0.29) is 11.8 Å².